The van der Waals surface area contributed by atoms with Crippen molar-refractivity contribution in [1.82, 2.24) is 19.9 Å². The minimum atomic E-state index is -0.209. The zero-order valence-corrected chi connectivity index (χ0v) is 18.7. The third-order valence-corrected chi connectivity index (χ3v) is 6.30. The normalized spacial score (nSPS) is 15.4. The van der Waals surface area contributed by atoms with Crippen LogP contribution in [0.2, 0.25) is 5.15 Å². The van der Waals surface area contributed by atoms with Crippen LogP contribution in [0.3, 0.4) is 0 Å². The molecule has 30 heavy (non-hydrogen) atoms. The van der Waals surface area contributed by atoms with Crippen LogP contribution < -0.4 is 10.0 Å². The Morgan fingerprint density at radius 2 is 2.17 bits per heavy atom. The number of nitrogens with one attached hydrogen (secondary N) is 2. The lowest BCUT2D eigenvalue weighted by atomic mass is 10.1. The van der Waals surface area contributed by atoms with E-state index in [0.717, 1.165) is 42.0 Å². The number of amides is 1. The van der Waals surface area contributed by atoms with Crippen LogP contribution in [0.25, 0.3) is 21.6 Å². The predicted molar refractivity (Wildman–Crippen MR) is 123 cm³/mol. The van der Waals surface area contributed by atoms with Crippen molar-refractivity contribution in [3.05, 3.63) is 29.5 Å². The average Bonchev–Trinajstić information content (AvgIpc) is 3.15. The second-order valence-electron chi connectivity index (χ2n) is 7.08. The van der Waals surface area contributed by atoms with Crippen LogP contribution in [-0.4, -0.2) is 58.6 Å². The van der Waals surface area contributed by atoms with Crippen LogP contribution in [0.1, 0.15) is 12.8 Å². The summed E-state index contributed by atoms with van der Waals surface area (Å²) in [4.78, 5) is 28.5. The summed E-state index contributed by atoms with van der Waals surface area (Å²) < 4.78 is 8.45. The topological polar surface area (TPSA) is 92.3 Å². The van der Waals surface area contributed by atoms with Crippen LogP contribution in [0.15, 0.2) is 24.4 Å². The van der Waals surface area contributed by atoms with Gasteiger partial charge in [-0.05, 0) is 38.1 Å². The number of carbonyl (C=O) groups excluding carboxylic acids is 1. The van der Waals surface area contributed by atoms with E-state index in [1.54, 1.807) is 6.20 Å². The quantitative estimate of drug-likeness (QED) is 0.378. The molecule has 0 bridgehead atoms. The van der Waals surface area contributed by atoms with E-state index >= 15 is 0 Å². The van der Waals surface area contributed by atoms with Gasteiger partial charge in [-0.15, -0.1) is 0 Å². The van der Waals surface area contributed by atoms with Crippen molar-refractivity contribution in [2.45, 2.75) is 18.9 Å². The van der Waals surface area contributed by atoms with Crippen LogP contribution in [0.5, 0.6) is 0 Å². The summed E-state index contributed by atoms with van der Waals surface area (Å²) in [5, 5.41) is 3.64. The van der Waals surface area contributed by atoms with Gasteiger partial charge in [-0.1, -0.05) is 35.8 Å². The molecule has 0 unspecified atom stereocenters. The molecule has 2 N–H and O–H groups in total. The van der Waals surface area contributed by atoms with E-state index in [9.17, 15) is 4.79 Å². The van der Waals surface area contributed by atoms with E-state index in [4.69, 9.17) is 16.3 Å². The molecule has 0 spiro atoms. The maximum atomic E-state index is 12.3. The van der Waals surface area contributed by atoms with Crippen LogP contribution >= 0.6 is 35.8 Å². The molecule has 4 rings (SSSR count). The first-order valence-corrected chi connectivity index (χ1v) is 11.1. The number of aromatic nitrogens is 3. The second kappa shape index (κ2) is 9.44. The number of halogens is 1. The number of carbonyl (C=O) groups is 1. The summed E-state index contributed by atoms with van der Waals surface area (Å²) in [5.41, 5.74) is 2.83. The Labute approximate surface area is 188 Å². The Kier molecular flexibility index (Phi) is 6.69. The van der Waals surface area contributed by atoms with Crippen molar-refractivity contribution in [3.63, 3.8) is 0 Å². The van der Waals surface area contributed by atoms with E-state index in [-0.39, 0.29) is 18.6 Å². The molecule has 1 aliphatic heterocycles. The molecule has 1 aliphatic rings. The summed E-state index contributed by atoms with van der Waals surface area (Å²) in [7, 11) is 2.09. The lowest BCUT2D eigenvalue weighted by Gasteiger charge is -2.28. The molecule has 3 aromatic rings. The standard InChI is InChI=1S/C19H21ClN6O2S2/c1-26-6-4-12(5-7-26)28-10-16(27)24-19-23-14-3-2-13(22-18(14)30-19)11-8-15(25-29)17(20)21-9-11/h2-3,8-9,12,25,29H,4-7,10H2,1H3,(H,23,24,27). The fourth-order valence-corrected chi connectivity index (χ4v) is 4.44. The molecule has 1 saturated heterocycles. The fraction of sp³-hybridized carbons (Fsp3) is 0.368. The van der Waals surface area contributed by atoms with Gasteiger partial charge in [0.25, 0.3) is 5.91 Å². The molecule has 3 aromatic heterocycles. The van der Waals surface area contributed by atoms with E-state index in [0.29, 0.717) is 21.5 Å². The highest BCUT2D eigenvalue weighted by molar-refractivity contribution is 7.81. The number of piperidine rings is 1. The molecule has 0 saturated carbocycles. The number of ether oxygens (including phenoxy) is 1. The van der Waals surface area contributed by atoms with Crippen molar-refractivity contribution in [2.24, 2.45) is 0 Å². The van der Waals surface area contributed by atoms with Gasteiger partial charge in [0.15, 0.2) is 10.3 Å². The van der Waals surface area contributed by atoms with Gasteiger partial charge < -0.3 is 14.4 Å². The van der Waals surface area contributed by atoms with E-state index in [1.807, 2.05) is 18.2 Å². The summed E-state index contributed by atoms with van der Waals surface area (Å²) in [5.74, 6) is -0.209. The molecule has 0 aromatic carbocycles. The minimum Gasteiger partial charge on any atom is -0.368 e. The summed E-state index contributed by atoms with van der Waals surface area (Å²) in [6.07, 6.45) is 3.68. The molecule has 11 heteroatoms. The Balaban J connectivity index is 1.41. The predicted octanol–water partition coefficient (Wildman–Crippen LogP) is 3.71. The Bertz CT molecular complexity index is 1050. The molecule has 158 valence electrons. The van der Waals surface area contributed by atoms with Gasteiger partial charge in [0.1, 0.15) is 17.0 Å². The largest absolute Gasteiger partial charge is 0.368 e. The number of anilines is 2. The number of thiazole rings is 1. The van der Waals surface area contributed by atoms with Gasteiger partial charge in [0, 0.05) is 24.8 Å². The first-order valence-electron chi connectivity index (χ1n) is 9.45. The molecule has 0 atom stereocenters. The smallest absolute Gasteiger partial charge is 0.252 e. The maximum absolute atomic E-state index is 12.3. The highest BCUT2D eigenvalue weighted by Crippen LogP contribution is 2.30. The zero-order chi connectivity index (χ0) is 21.1. The number of fused-ring (bicyclic) bond motifs is 1. The van der Waals surface area contributed by atoms with Gasteiger partial charge in [0.2, 0.25) is 0 Å². The first kappa shape index (κ1) is 21.3. The van der Waals surface area contributed by atoms with Crippen molar-refractivity contribution >= 4 is 62.8 Å². The Morgan fingerprint density at radius 1 is 1.37 bits per heavy atom. The van der Waals surface area contributed by atoms with E-state index in [2.05, 4.69) is 49.8 Å². The fourth-order valence-electron chi connectivity index (χ4n) is 3.20. The molecule has 8 nitrogen and oxygen atoms in total. The molecule has 0 aliphatic carbocycles. The zero-order valence-electron chi connectivity index (χ0n) is 16.3. The lowest BCUT2D eigenvalue weighted by Crippen LogP contribution is -2.35. The van der Waals surface area contributed by atoms with Crippen LogP contribution in [0, 0.1) is 0 Å². The van der Waals surface area contributed by atoms with Crippen molar-refractivity contribution in [1.29, 1.82) is 0 Å². The number of thiol groups is 1. The van der Waals surface area contributed by atoms with Gasteiger partial charge >= 0.3 is 0 Å². The molecule has 1 amide bonds. The first-order chi connectivity index (χ1) is 14.5. The van der Waals surface area contributed by atoms with E-state index in [1.165, 1.54) is 11.3 Å². The number of nitrogens with zero attached hydrogens (tertiary/aromatic N) is 4. The number of hydrogen-bond acceptors (Lipinski definition) is 9. The number of pyridine rings is 2. The highest BCUT2D eigenvalue weighted by atomic mass is 35.5. The van der Waals surface area contributed by atoms with Crippen molar-refractivity contribution in [2.75, 3.05) is 36.8 Å². The molecular formula is C19H21ClN6O2S2. The molecule has 0 radical (unpaired) electrons. The monoisotopic (exact) mass is 464 g/mol. The summed E-state index contributed by atoms with van der Waals surface area (Å²) >= 11 is 11.4. The molecule has 1 fully saturated rings. The lowest BCUT2D eigenvalue weighted by molar-refractivity contribution is -0.123. The van der Waals surface area contributed by atoms with Crippen molar-refractivity contribution in [3.8, 4) is 11.3 Å². The highest BCUT2D eigenvalue weighted by Gasteiger charge is 2.18. The summed E-state index contributed by atoms with van der Waals surface area (Å²) in [6.45, 7) is 2.01. The SMILES string of the molecule is CN1CCC(OCC(=O)Nc2nc3ccc(-c4cnc(Cl)c(NS)c4)nc3s2)CC1. The number of hydrogen-bond donors (Lipinski definition) is 3. The van der Waals surface area contributed by atoms with Gasteiger partial charge in [-0.3, -0.25) is 10.1 Å². The van der Waals surface area contributed by atoms with Gasteiger partial charge in [-0.2, -0.15) is 0 Å². The average molecular weight is 465 g/mol. The number of rotatable bonds is 6. The maximum Gasteiger partial charge on any atom is 0.252 e. The Hall–Kier alpha value is -1.98. The molecular weight excluding hydrogens is 444 g/mol. The Morgan fingerprint density at radius 3 is 2.93 bits per heavy atom. The summed E-state index contributed by atoms with van der Waals surface area (Å²) in [6, 6.07) is 5.53. The van der Waals surface area contributed by atoms with Gasteiger partial charge in [-0.25, -0.2) is 15.0 Å². The van der Waals surface area contributed by atoms with Crippen LogP contribution in [-0.2, 0) is 9.53 Å². The number of likely N-dealkylation sites (tertiary alicyclic amines) is 1. The third-order valence-electron chi connectivity index (χ3n) is 4.87. The molecule has 4 heterocycles. The van der Waals surface area contributed by atoms with Crippen molar-refractivity contribution < 1.29 is 9.53 Å². The van der Waals surface area contributed by atoms with Crippen LogP contribution in [0.4, 0.5) is 10.8 Å². The minimum absolute atomic E-state index is 0.0267. The third kappa shape index (κ3) is 5.01. The van der Waals surface area contributed by atoms with E-state index < -0.39 is 0 Å². The van der Waals surface area contributed by atoms with Gasteiger partial charge in [0.05, 0.1) is 17.5 Å². The second-order valence-corrected chi connectivity index (χ2v) is 8.63.